The molecular weight excluding hydrogens is 335 g/mol. The first kappa shape index (κ1) is 19.2. The highest BCUT2D eigenvalue weighted by molar-refractivity contribution is 6.67. The van der Waals surface area contributed by atoms with E-state index in [-0.39, 0.29) is 18.9 Å². The third kappa shape index (κ3) is 4.28. The molecule has 0 atom stereocenters. The fourth-order valence-electron chi connectivity index (χ4n) is 2.82. The van der Waals surface area contributed by atoms with Crippen LogP contribution in [0.4, 0.5) is 17.6 Å². The number of halogens is 4. The highest BCUT2D eigenvalue weighted by atomic mass is 19.4. The van der Waals surface area contributed by atoms with Crippen LogP contribution in [0.15, 0.2) is 42.5 Å². The zero-order chi connectivity index (χ0) is 18.6. The second-order valence-corrected chi connectivity index (χ2v) is 5.63. The molecule has 0 aromatic heterocycles. The minimum atomic E-state index is -4.54. The summed E-state index contributed by atoms with van der Waals surface area (Å²) in [5.74, 6) is -0.538. The minimum Gasteiger partial charge on any atom is -0.427 e. The Bertz CT molecular complexity index is 759. The van der Waals surface area contributed by atoms with E-state index in [2.05, 4.69) is 0 Å². The van der Waals surface area contributed by atoms with Crippen molar-refractivity contribution in [3.05, 3.63) is 64.7 Å². The summed E-state index contributed by atoms with van der Waals surface area (Å²) >= 11 is 0. The van der Waals surface area contributed by atoms with Crippen LogP contribution < -0.4 is 5.46 Å². The predicted octanol–water partition coefficient (Wildman–Crippen LogP) is 4.08. The number of rotatable bonds is 3. The van der Waals surface area contributed by atoms with Gasteiger partial charge in [0, 0.05) is 12.0 Å². The summed E-state index contributed by atoms with van der Waals surface area (Å²) in [5, 5.41) is 0. The summed E-state index contributed by atoms with van der Waals surface area (Å²) in [5.41, 5.74) is 1.58. The van der Waals surface area contributed by atoms with Gasteiger partial charge in [0.15, 0.2) is 5.78 Å². The smallest absolute Gasteiger partial charge is 0.417 e. The molecule has 7 heteroatoms. The van der Waals surface area contributed by atoms with Crippen LogP contribution in [0.1, 0.15) is 27.0 Å². The number of Topliss-reactive ketones (excluding diaryl/α,β-unsaturated/α-hetero) is 1. The van der Waals surface area contributed by atoms with Gasteiger partial charge in [0.1, 0.15) is 0 Å². The number of hydrogen-bond acceptors (Lipinski definition) is 2. The third-order valence-corrected chi connectivity index (χ3v) is 4.03. The molecule has 0 unspecified atom stereocenters. The Morgan fingerprint density at radius 1 is 1.16 bits per heavy atom. The Labute approximate surface area is 143 Å². The Morgan fingerprint density at radius 2 is 1.84 bits per heavy atom. The molecule has 0 radical (unpaired) electrons. The largest absolute Gasteiger partial charge is 0.427 e. The van der Waals surface area contributed by atoms with Crippen molar-refractivity contribution in [1.82, 2.24) is 0 Å². The highest BCUT2D eigenvalue weighted by Crippen LogP contribution is 2.32. The van der Waals surface area contributed by atoms with Crippen LogP contribution in [-0.2, 0) is 23.9 Å². The van der Waals surface area contributed by atoms with E-state index < -0.39 is 17.5 Å². The number of fused-ring (bicyclic) bond motifs is 1. The molecule has 2 nitrogen and oxygen atoms in total. The van der Waals surface area contributed by atoms with Crippen LogP contribution in [0, 0.1) is 0 Å². The van der Waals surface area contributed by atoms with E-state index >= 15 is 0 Å². The maximum atomic E-state index is 13.0. The van der Waals surface area contributed by atoms with Crippen molar-refractivity contribution >= 4 is 18.2 Å². The lowest BCUT2D eigenvalue weighted by atomic mass is 9.64. The SMILES string of the molecule is CB1OCc2ccc(CC(=O)c3ccccc3C(F)(F)F)cc21.CF. The van der Waals surface area contributed by atoms with Gasteiger partial charge in [-0.05, 0) is 22.7 Å². The van der Waals surface area contributed by atoms with Crippen LogP contribution in [0.2, 0.25) is 6.82 Å². The summed E-state index contributed by atoms with van der Waals surface area (Å²) in [7, 11) is 0.500. The van der Waals surface area contributed by atoms with Gasteiger partial charge in [0.2, 0.25) is 0 Å². The summed E-state index contributed by atoms with van der Waals surface area (Å²) in [6.07, 6.45) is -4.60. The fraction of sp³-hybridized carbons (Fsp3) is 0.278. The van der Waals surface area contributed by atoms with Gasteiger partial charge in [-0.1, -0.05) is 43.2 Å². The van der Waals surface area contributed by atoms with Crippen LogP contribution in [0.25, 0.3) is 0 Å². The molecule has 0 saturated carbocycles. The molecule has 0 saturated heterocycles. The first-order chi connectivity index (χ1) is 11.9. The van der Waals surface area contributed by atoms with Gasteiger partial charge in [-0.3, -0.25) is 9.18 Å². The van der Waals surface area contributed by atoms with Crippen molar-refractivity contribution in [2.45, 2.75) is 26.0 Å². The average Bonchev–Trinajstić information content (AvgIpc) is 2.97. The number of carbonyl (C=O) groups excluding carboxylic acids is 1. The van der Waals surface area contributed by atoms with E-state index in [0.29, 0.717) is 19.3 Å². The molecule has 0 fully saturated rings. The van der Waals surface area contributed by atoms with E-state index in [9.17, 15) is 22.4 Å². The molecule has 25 heavy (non-hydrogen) atoms. The van der Waals surface area contributed by atoms with E-state index in [1.165, 1.54) is 18.2 Å². The van der Waals surface area contributed by atoms with E-state index in [4.69, 9.17) is 4.65 Å². The van der Waals surface area contributed by atoms with Gasteiger partial charge in [-0.15, -0.1) is 0 Å². The molecule has 0 N–H and O–H groups in total. The second-order valence-electron chi connectivity index (χ2n) is 5.63. The molecule has 1 aliphatic rings. The fourth-order valence-corrected chi connectivity index (χ4v) is 2.82. The topological polar surface area (TPSA) is 26.3 Å². The van der Waals surface area contributed by atoms with Crippen molar-refractivity contribution in [3.63, 3.8) is 0 Å². The maximum absolute atomic E-state index is 13.0. The van der Waals surface area contributed by atoms with Crippen LogP contribution in [0.5, 0.6) is 0 Å². The van der Waals surface area contributed by atoms with Crippen LogP contribution in [-0.4, -0.2) is 19.9 Å². The molecule has 2 aromatic carbocycles. The van der Waals surface area contributed by atoms with Gasteiger partial charge >= 0.3 is 13.1 Å². The number of carbonyl (C=O) groups is 1. The third-order valence-electron chi connectivity index (χ3n) is 4.03. The minimum absolute atomic E-state index is 0.0532. The Balaban J connectivity index is 0.00000109. The summed E-state index contributed by atoms with van der Waals surface area (Å²) in [6, 6.07) is 10.4. The van der Waals surface area contributed by atoms with Crippen LogP contribution >= 0.6 is 0 Å². The number of hydrogen-bond donors (Lipinski definition) is 0. The average molecular weight is 352 g/mol. The second kappa shape index (κ2) is 7.82. The lowest BCUT2D eigenvalue weighted by Crippen LogP contribution is -2.25. The lowest BCUT2D eigenvalue weighted by molar-refractivity contribution is -0.137. The van der Waals surface area contributed by atoms with Crippen molar-refractivity contribution in [2.24, 2.45) is 0 Å². The van der Waals surface area contributed by atoms with Gasteiger partial charge in [-0.25, -0.2) is 0 Å². The quantitative estimate of drug-likeness (QED) is 0.473. The van der Waals surface area contributed by atoms with Gasteiger partial charge in [0.25, 0.3) is 0 Å². The zero-order valence-corrected chi connectivity index (χ0v) is 13.9. The van der Waals surface area contributed by atoms with Gasteiger partial charge in [-0.2, -0.15) is 13.2 Å². The normalized spacial score (nSPS) is 13.1. The summed E-state index contributed by atoms with van der Waals surface area (Å²) in [4.78, 5) is 12.3. The van der Waals surface area contributed by atoms with E-state index in [1.54, 1.807) is 6.07 Å². The first-order valence-corrected chi connectivity index (χ1v) is 7.67. The van der Waals surface area contributed by atoms with Crippen molar-refractivity contribution in [2.75, 3.05) is 7.18 Å². The molecule has 0 amide bonds. The van der Waals surface area contributed by atoms with Crippen molar-refractivity contribution < 1.29 is 27.0 Å². The molecule has 1 heterocycles. The predicted molar refractivity (Wildman–Crippen MR) is 89.0 cm³/mol. The Hall–Kier alpha value is -2.15. The Morgan fingerprint density at radius 3 is 2.52 bits per heavy atom. The lowest BCUT2D eigenvalue weighted by Gasteiger charge is -2.12. The highest BCUT2D eigenvalue weighted by Gasteiger charge is 2.34. The van der Waals surface area contributed by atoms with E-state index in [1.807, 2.05) is 19.0 Å². The van der Waals surface area contributed by atoms with Crippen molar-refractivity contribution in [3.8, 4) is 0 Å². The molecule has 132 valence electrons. The number of benzene rings is 2. The molecule has 0 aliphatic carbocycles. The molecular formula is C18H17BF4O2. The zero-order valence-electron chi connectivity index (χ0n) is 13.9. The monoisotopic (exact) mass is 352 g/mol. The first-order valence-electron chi connectivity index (χ1n) is 7.67. The van der Waals surface area contributed by atoms with E-state index in [0.717, 1.165) is 17.1 Å². The summed E-state index contributed by atoms with van der Waals surface area (Å²) < 4.78 is 54.0. The standard InChI is InChI=1S/C17H14BF3O2.CH3F/c1-18-15-8-11(6-7-12(15)10-23-18)9-16(22)13-4-2-3-5-14(13)17(19,20)21;1-2/h2-8H,9-10H2,1H3;1H3. The maximum Gasteiger partial charge on any atom is 0.417 e. The number of ketones is 1. The molecule has 0 bridgehead atoms. The molecule has 3 rings (SSSR count). The Kier molecular flexibility index (Phi) is 6.00. The van der Waals surface area contributed by atoms with Gasteiger partial charge in [0.05, 0.1) is 19.3 Å². The van der Waals surface area contributed by atoms with Gasteiger partial charge < -0.3 is 4.65 Å². The van der Waals surface area contributed by atoms with Crippen molar-refractivity contribution in [1.29, 1.82) is 0 Å². The number of alkyl halides is 4. The molecule has 1 aliphatic heterocycles. The summed E-state index contributed by atoms with van der Waals surface area (Å²) in [6.45, 7) is 2.39. The molecule has 0 spiro atoms. The molecule has 2 aromatic rings. The van der Waals surface area contributed by atoms with Crippen LogP contribution in [0.3, 0.4) is 0 Å².